The minimum Gasteiger partial charge on any atom is -0.438 e. The zero-order chi connectivity index (χ0) is 14.8. The van der Waals surface area contributed by atoms with Crippen LogP contribution in [-0.4, -0.2) is 9.97 Å². The number of thiocarbonyl (C=S) groups is 1. The Kier molecular flexibility index (Phi) is 3.73. The Balaban J connectivity index is 2.04. The van der Waals surface area contributed by atoms with Crippen molar-refractivity contribution in [3.05, 3.63) is 65.3 Å². The molecule has 1 aromatic heterocycles. The summed E-state index contributed by atoms with van der Waals surface area (Å²) < 4.78 is 5.85. The van der Waals surface area contributed by atoms with Crippen molar-refractivity contribution in [3.8, 4) is 11.6 Å². The van der Waals surface area contributed by atoms with Crippen LogP contribution < -0.4 is 10.5 Å². The summed E-state index contributed by atoms with van der Waals surface area (Å²) in [7, 11) is 0. The highest BCUT2D eigenvalue weighted by Crippen LogP contribution is 2.33. The molecule has 0 aliphatic rings. The Labute approximate surface area is 132 Å². The van der Waals surface area contributed by atoms with Gasteiger partial charge in [-0.05, 0) is 18.2 Å². The van der Waals surface area contributed by atoms with Gasteiger partial charge in [-0.2, -0.15) is 0 Å². The Morgan fingerprint density at radius 2 is 1.76 bits per heavy atom. The van der Waals surface area contributed by atoms with E-state index in [4.69, 9.17) is 34.3 Å². The van der Waals surface area contributed by atoms with Crippen LogP contribution in [-0.2, 0) is 0 Å². The van der Waals surface area contributed by atoms with Crippen molar-refractivity contribution in [1.29, 1.82) is 0 Å². The molecule has 0 unspecified atom stereocenters. The van der Waals surface area contributed by atoms with E-state index in [9.17, 15) is 0 Å². The molecule has 0 amide bonds. The standard InChI is InChI=1S/C16H11ClN2OS/c17-12-8-9-14(11-5-2-1-4-10(11)12)20-15-7-3-6-13(19-15)16(18)21/h1-9H,(H2,18,21). The number of rotatable bonds is 3. The van der Waals surface area contributed by atoms with Crippen molar-refractivity contribution in [2.75, 3.05) is 0 Å². The first-order valence-electron chi connectivity index (χ1n) is 6.27. The van der Waals surface area contributed by atoms with Gasteiger partial charge in [-0.1, -0.05) is 54.2 Å². The summed E-state index contributed by atoms with van der Waals surface area (Å²) in [6.45, 7) is 0. The number of benzene rings is 2. The topological polar surface area (TPSA) is 48.1 Å². The van der Waals surface area contributed by atoms with Gasteiger partial charge in [0.25, 0.3) is 0 Å². The Bertz CT molecular complexity index is 835. The van der Waals surface area contributed by atoms with Gasteiger partial charge in [0.1, 0.15) is 16.4 Å². The van der Waals surface area contributed by atoms with Gasteiger partial charge in [0.05, 0.1) is 0 Å². The first kappa shape index (κ1) is 13.8. The lowest BCUT2D eigenvalue weighted by molar-refractivity contribution is 0.468. The third-order valence-electron chi connectivity index (χ3n) is 3.02. The summed E-state index contributed by atoms with van der Waals surface area (Å²) in [6.07, 6.45) is 0. The molecule has 3 aromatic rings. The van der Waals surface area contributed by atoms with E-state index in [1.54, 1.807) is 24.3 Å². The maximum atomic E-state index is 6.19. The van der Waals surface area contributed by atoms with Gasteiger partial charge in [0.2, 0.25) is 5.88 Å². The van der Waals surface area contributed by atoms with E-state index in [-0.39, 0.29) is 4.99 Å². The number of halogens is 1. The summed E-state index contributed by atoms with van der Waals surface area (Å²) >= 11 is 11.1. The molecule has 104 valence electrons. The van der Waals surface area contributed by atoms with E-state index in [1.807, 2.05) is 30.3 Å². The van der Waals surface area contributed by atoms with Crippen LogP contribution in [0.3, 0.4) is 0 Å². The number of nitrogens with two attached hydrogens (primary N) is 1. The minimum atomic E-state index is 0.237. The van der Waals surface area contributed by atoms with Crippen molar-refractivity contribution >= 4 is 39.6 Å². The van der Waals surface area contributed by atoms with Crippen LogP contribution >= 0.6 is 23.8 Å². The second-order valence-corrected chi connectivity index (χ2v) is 5.27. The summed E-state index contributed by atoms with van der Waals surface area (Å²) in [6, 6.07) is 16.7. The van der Waals surface area contributed by atoms with Crippen LogP contribution in [0.15, 0.2) is 54.6 Å². The summed E-state index contributed by atoms with van der Waals surface area (Å²) in [5.74, 6) is 1.12. The number of fused-ring (bicyclic) bond motifs is 1. The van der Waals surface area contributed by atoms with Gasteiger partial charge in [-0.3, -0.25) is 0 Å². The van der Waals surface area contributed by atoms with Gasteiger partial charge >= 0.3 is 0 Å². The minimum absolute atomic E-state index is 0.237. The number of hydrogen-bond donors (Lipinski definition) is 1. The van der Waals surface area contributed by atoms with E-state index >= 15 is 0 Å². The van der Waals surface area contributed by atoms with Crippen LogP contribution in [0.2, 0.25) is 5.02 Å². The molecule has 0 atom stereocenters. The zero-order valence-corrected chi connectivity index (χ0v) is 12.5. The molecule has 0 fully saturated rings. The molecule has 0 bridgehead atoms. The van der Waals surface area contributed by atoms with Crippen molar-refractivity contribution in [2.45, 2.75) is 0 Å². The number of pyridine rings is 1. The first-order chi connectivity index (χ1) is 10.1. The second-order valence-electron chi connectivity index (χ2n) is 4.42. The number of aromatic nitrogens is 1. The van der Waals surface area contributed by atoms with Gasteiger partial charge in [0.15, 0.2) is 0 Å². The van der Waals surface area contributed by atoms with Crippen molar-refractivity contribution in [3.63, 3.8) is 0 Å². The Morgan fingerprint density at radius 1 is 1.00 bits per heavy atom. The molecule has 2 N–H and O–H groups in total. The maximum Gasteiger partial charge on any atom is 0.219 e. The fraction of sp³-hybridized carbons (Fsp3) is 0. The van der Waals surface area contributed by atoms with Crippen molar-refractivity contribution in [1.82, 2.24) is 4.98 Å². The van der Waals surface area contributed by atoms with Crippen LogP contribution in [0.25, 0.3) is 10.8 Å². The summed E-state index contributed by atoms with van der Waals surface area (Å²) in [5, 5.41) is 2.54. The van der Waals surface area contributed by atoms with Crippen LogP contribution in [0.1, 0.15) is 5.69 Å². The molecule has 0 radical (unpaired) electrons. The normalized spacial score (nSPS) is 10.5. The average molecular weight is 315 g/mol. The fourth-order valence-electron chi connectivity index (χ4n) is 2.05. The Hall–Kier alpha value is -2.17. The molecule has 21 heavy (non-hydrogen) atoms. The predicted octanol–water partition coefficient (Wildman–Crippen LogP) is 4.31. The largest absolute Gasteiger partial charge is 0.438 e. The first-order valence-corrected chi connectivity index (χ1v) is 7.06. The molecule has 2 aromatic carbocycles. The molecule has 5 heteroatoms. The van der Waals surface area contributed by atoms with E-state index < -0.39 is 0 Å². The lowest BCUT2D eigenvalue weighted by Crippen LogP contribution is -2.11. The predicted molar refractivity (Wildman–Crippen MR) is 89.2 cm³/mol. The van der Waals surface area contributed by atoms with Gasteiger partial charge < -0.3 is 10.5 Å². The van der Waals surface area contributed by atoms with Crippen molar-refractivity contribution in [2.24, 2.45) is 5.73 Å². The number of ether oxygens (including phenoxy) is 1. The van der Waals surface area contributed by atoms with Crippen LogP contribution in [0.4, 0.5) is 0 Å². The zero-order valence-electron chi connectivity index (χ0n) is 10.9. The average Bonchev–Trinajstić information content (AvgIpc) is 2.51. The molecule has 0 aliphatic carbocycles. The molecule has 3 rings (SSSR count). The molecular weight excluding hydrogens is 304 g/mol. The summed E-state index contributed by atoms with van der Waals surface area (Å²) in [4.78, 5) is 4.51. The van der Waals surface area contributed by atoms with Crippen LogP contribution in [0, 0.1) is 0 Å². The number of hydrogen-bond acceptors (Lipinski definition) is 3. The molecule has 0 spiro atoms. The lowest BCUT2D eigenvalue weighted by Gasteiger charge is -2.10. The van der Waals surface area contributed by atoms with E-state index in [1.165, 1.54) is 0 Å². The van der Waals surface area contributed by atoms with E-state index in [0.717, 1.165) is 10.8 Å². The van der Waals surface area contributed by atoms with Gasteiger partial charge in [-0.15, -0.1) is 0 Å². The molecular formula is C16H11ClN2OS. The van der Waals surface area contributed by atoms with Crippen molar-refractivity contribution < 1.29 is 4.74 Å². The smallest absolute Gasteiger partial charge is 0.219 e. The highest BCUT2D eigenvalue weighted by Gasteiger charge is 2.08. The lowest BCUT2D eigenvalue weighted by atomic mass is 10.1. The van der Waals surface area contributed by atoms with Gasteiger partial charge in [-0.25, -0.2) is 4.98 Å². The van der Waals surface area contributed by atoms with Crippen LogP contribution in [0.5, 0.6) is 11.6 Å². The molecule has 3 nitrogen and oxygen atoms in total. The Morgan fingerprint density at radius 3 is 2.52 bits per heavy atom. The molecule has 0 saturated heterocycles. The second kappa shape index (κ2) is 5.68. The quantitative estimate of drug-likeness (QED) is 0.732. The molecule has 0 aliphatic heterocycles. The SMILES string of the molecule is NC(=S)c1cccc(Oc2ccc(Cl)c3ccccc23)n1. The van der Waals surface area contributed by atoms with E-state index in [0.29, 0.717) is 22.3 Å². The monoisotopic (exact) mass is 314 g/mol. The fourth-order valence-corrected chi connectivity index (χ4v) is 2.39. The highest BCUT2D eigenvalue weighted by molar-refractivity contribution is 7.80. The van der Waals surface area contributed by atoms with Gasteiger partial charge in [0, 0.05) is 21.9 Å². The highest BCUT2D eigenvalue weighted by atomic mass is 35.5. The number of nitrogens with zero attached hydrogens (tertiary/aromatic N) is 1. The summed E-state index contributed by atoms with van der Waals surface area (Å²) in [5.41, 5.74) is 6.11. The maximum absolute atomic E-state index is 6.19. The third-order valence-corrected chi connectivity index (χ3v) is 3.56. The molecule has 1 heterocycles. The van der Waals surface area contributed by atoms with E-state index in [2.05, 4.69) is 4.98 Å². The molecule has 0 saturated carbocycles. The third kappa shape index (κ3) is 2.82.